The molecule has 0 saturated carbocycles. The van der Waals surface area contributed by atoms with Crippen molar-refractivity contribution in [3.05, 3.63) is 59.8 Å². The predicted octanol–water partition coefficient (Wildman–Crippen LogP) is 3.52. The van der Waals surface area contributed by atoms with Crippen molar-refractivity contribution in [3.8, 4) is 11.1 Å². The summed E-state index contributed by atoms with van der Waals surface area (Å²) in [6.07, 6.45) is 0. The first-order valence-corrected chi connectivity index (χ1v) is 6.60. The van der Waals surface area contributed by atoms with Crippen molar-refractivity contribution in [1.29, 1.82) is 0 Å². The quantitative estimate of drug-likeness (QED) is 0.581. The Bertz CT molecular complexity index is 845. The van der Waals surface area contributed by atoms with Gasteiger partial charge in [-0.15, -0.1) is 0 Å². The van der Waals surface area contributed by atoms with Gasteiger partial charge in [-0.25, -0.2) is 4.79 Å². The molecule has 3 heteroatoms. The van der Waals surface area contributed by atoms with E-state index in [1.807, 2.05) is 48.0 Å². The Balaban J connectivity index is 2.21. The molecule has 3 nitrogen and oxygen atoms in total. The highest BCUT2D eigenvalue weighted by Crippen LogP contribution is 2.38. The fourth-order valence-electron chi connectivity index (χ4n) is 3.01. The zero-order valence-electron chi connectivity index (χ0n) is 11.1. The molecule has 0 saturated heterocycles. The summed E-state index contributed by atoms with van der Waals surface area (Å²) in [7, 11) is 1.91. The molecular weight excluding hydrogens is 250 g/mol. The van der Waals surface area contributed by atoms with Gasteiger partial charge < -0.3 is 9.30 Å². The van der Waals surface area contributed by atoms with Crippen LogP contribution in [0.3, 0.4) is 0 Å². The molecule has 4 rings (SSSR count). The number of benzene rings is 2. The fraction of sp³-hybridized carbons (Fsp3) is 0.118. The van der Waals surface area contributed by atoms with Crippen molar-refractivity contribution in [2.24, 2.45) is 7.05 Å². The van der Waals surface area contributed by atoms with Crippen molar-refractivity contribution in [1.82, 2.24) is 4.57 Å². The van der Waals surface area contributed by atoms with Gasteiger partial charge in [0.15, 0.2) is 0 Å². The van der Waals surface area contributed by atoms with Gasteiger partial charge in [0.2, 0.25) is 0 Å². The minimum Gasteiger partial charge on any atom is -0.456 e. The molecule has 0 fully saturated rings. The van der Waals surface area contributed by atoms with Gasteiger partial charge in [-0.2, -0.15) is 0 Å². The third kappa shape index (κ3) is 1.37. The first-order chi connectivity index (χ1) is 9.77. The maximum Gasteiger partial charge on any atom is 0.355 e. The number of para-hydroxylation sites is 1. The van der Waals surface area contributed by atoms with E-state index in [2.05, 4.69) is 12.1 Å². The van der Waals surface area contributed by atoms with E-state index in [0.717, 1.165) is 27.6 Å². The molecule has 0 spiro atoms. The second kappa shape index (κ2) is 3.97. The Kier molecular flexibility index (Phi) is 2.24. The lowest BCUT2D eigenvalue weighted by molar-refractivity contribution is 0.0468. The molecule has 0 radical (unpaired) electrons. The number of rotatable bonds is 0. The van der Waals surface area contributed by atoms with Crippen LogP contribution in [-0.2, 0) is 18.4 Å². The van der Waals surface area contributed by atoms with Crippen LogP contribution in [-0.4, -0.2) is 10.5 Å². The van der Waals surface area contributed by atoms with Crippen LogP contribution in [0.2, 0.25) is 0 Å². The van der Waals surface area contributed by atoms with Crippen LogP contribution < -0.4 is 0 Å². The van der Waals surface area contributed by atoms with E-state index in [9.17, 15) is 4.79 Å². The average Bonchev–Trinajstić information content (AvgIpc) is 2.69. The fourth-order valence-corrected chi connectivity index (χ4v) is 3.01. The first kappa shape index (κ1) is 11.3. The molecule has 20 heavy (non-hydrogen) atoms. The van der Waals surface area contributed by atoms with Crippen LogP contribution in [0.4, 0.5) is 0 Å². The normalized spacial score (nSPS) is 13.6. The first-order valence-electron chi connectivity index (χ1n) is 6.60. The Morgan fingerprint density at radius 1 is 1.05 bits per heavy atom. The van der Waals surface area contributed by atoms with Crippen LogP contribution in [0, 0.1) is 0 Å². The minimum absolute atomic E-state index is 0.255. The summed E-state index contributed by atoms with van der Waals surface area (Å²) < 4.78 is 7.33. The molecule has 1 aromatic heterocycles. The SMILES string of the molecule is Cn1c2c(c3ccccc31)-c1ccccc1COC2=O. The molecule has 0 bridgehead atoms. The Morgan fingerprint density at radius 2 is 1.80 bits per heavy atom. The largest absolute Gasteiger partial charge is 0.456 e. The second-order valence-electron chi connectivity index (χ2n) is 5.03. The number of hydrogen-bond acceptors (Lipinski definition) is 2. The van der Waals surface area contributed by atoms with Crippen molar-refractivity contribution in [2.45, 2.75) is 6.61 Å². The van der Waals surface area contributed by atoms with Gasteiger partial charge in [-0.1, -0.05) is 42.5 Å². The molecule has 2 heterocycles. The molecule has 0 aliphatic carbocycles. The molecule has 0 N–H and O–H groups in total. The zero-order chi connectivity index (χ0) is 13.7. The molecule has 1 aliphatic heterocycles. The summed E-state index contributed by atoms with van der Waals surface area (Å²) in [4.78, 5) is 12.3. The van der Waals surface area contributed by atoms with Crippen molar-refractivity contribution >= 4 is 16.9 Å². The van der Waals surface area contributed by atoms with Crippen molar-refractivity contribution in [2.75, 3.05) is 0 Å². The average molecular weight is 263 g/mol. The van der Waals surface area contributed by atoms with Crippen LogP contribution >= 0.6 is 0 Å². The number of carbonyl (C=O) groups excluding carboxylic acids is 1. The van der Waals surface area contributed by atoms with E-state index in [0.29, 0.717) is 12.3 Å². The van der Waals surface area contributed by atoms with E-state index in [1.54, 1.807) is 0 Å². The summed E-state index contributed by atoms with van der Waals surface area (Å²) in [6.45, 7) is 0.331. The standard InChI is InChI=1S/C17H13NO2/c1-18-14-9-5-4-8-13(14)15-12-7-3-2-6-11(12)10-20-17(19)16(15)18/h2-9H,10H2,1H3. The van der Waals surface area contributed by atoms with Gasteiger partial charge in [-0.05, 0) is 17.2 Å². The van der Waals surface area contributed by atoms with Crippen LogP contribution in [0.25, 0.3) is 22.0 Å². The van der Waals surface area contributed by atoms with Gasteiger partial charge in [0.05, 0.1) is 0 Å². The molecule has 3 aromatic rings. The van der Waals surface area contributed by atoms with E-state index in [-0.39, 0.29) is 5.97 Å². The van der Waals surface area contributed by atoms with Crippen LogP contribution in [0.15, 0.2) is 48.5 Å². The van der Waals surface area contributed by atoms with Crippen molar-refractivity contribution < 1.29 is 9.53 Å². The number of carbonyl (C=O) groups is 1. The number of hydrogen-bond donors (Lipinski definition) is 0. The third-order valence-electron chi connectivity index (χ3n) is 3.95. The second-order valence-corrected chi connectivity index (χ2v) is 5.03. The number of nitrogens with zero attached hydrogens (tertiary/aromatic N) is 1. The summed E-state index contributed by atoms with van der Waals surface area (Å²) in [6, 6.07) is 16.1. The Hall–Kier alpha value is -2.55. The number of aromatic nitrogens is 1. The van der Waals surface area contributed by atoms with Gasteiger partial charge in [-0.3, -0.25) is 0 Å². The maximum atomic E-state index is 12.3. The molecule has 0 amide bonds. The minimum atomic E-state index is -0.255. The van der Waals surface area contributed by atoms with Crippen LogP contribution in [0.5, 0.6) is 0 Å². The Labute approximate surface area is 116 Å². The lowest BCUT2D eigenvalue weighted by Crippen LogP contribution is -2.08. The van der Waals surface area contributed by atoms with E-state index < -0.39 is 0 Å². The van der Waals surface area contributed by atoms with Gasteiger partial charge in [0, 0.05) is 23.5 Å². The number of ether oxygens (including phenoxy) is 1. The lowest BCUT2D eigenvalue weighted by Gasteiger charge is -2.05. The van der Waals surface area contributed by atoms with Gasteiger partial charge in [0.1, 0.15) is 12.3 Å². The van der Waals surface area contributed by atoms with Crippen molar-refractivity contribution in [3.63, 3.8) is 0 Å². The molecule has 0 atom stereocenters. The predicted molar refractivity (Wildman–Crippen MR) is 77.5 cm³/mol. The summed E-state index contributed by atoms with van der Waals surface area (Å²) in [5, 5.41) is 1.09. The summed E-state index contributed by atoms with van der Waals surface area (Å²) in [5.74, 6) is -0.255. The molecule has 1 aliphatic rings. The number of esters is 1. The number of cyclic esters (lactones) is 1. The highest BCUT2D eigenvalue weighted by Gasteiger charge is 2.27. The summed E-state index contributed by atoms with van der Waals surface area (Å²) in [5.41, 5.74) is 4.81. The topological polar surface area (TPSA) is 31.2 Å². The molecule has 98 valence electrons. The van der Waals surface area contributed by atoms with E-state index >= 15 is 0 Å². The maximum absolute atomic E-state index is 12.3. The molecule has 0 unspecified atom stereocenters. The Morgan fingerprint density at radius 3 is 2.70 bits per heavy atom. The van der Waals surface area contributed by atoms with E-state index in [4.69, 9.17) is 4.74 Å². The van der Waals surface area contributed by atoms with E-state index in [1.165, 1.54) is 0 Å². The molecular formula is C17H13NO2. The monoisotopic (exact) mass is 263 g/mol. The highest BCUT2D eigenvalue weighted by atomic mass is 16.5. The van der Waals surface area contributed by atoms with Crippen LogP contribution in [0.1, 0.15) is 16.1 Å². The highest BCUT2D eigenvalue weighted by molar-refractivity contribution is 6.09. The number of aryl methyl sites for hydroxylation is 1. The van der Waals surface area contributed by atoms with Gasteiger partial charge in [0.25, 0.3) is 0 Å². The zero-order valence-corrected chi connectivity index (χ0v) is 11.1. The summed E-state index contributed by atoms with van der Waals surface area (Å²) >= 11 is 0. The lowest BCUT2D eigenvalue weighted by atomic mass is 9.98. The smallest absolute Gasteiger partial charge is 0.355 e. The van der Waals surface area contributed by atoms with Gasteiger partial charge >= 0.3 is 5.97 Å². The third-order valence-corrected chi connectivity index (χ3v) is 3.95. The number of fused-ring (bicyclic) bond motifs is 5. The molecule has 2 aromatic carbocycles.